The minimum absolute atomic E-state index is 0.119. The zero-order valence-corrected chi connectivity index (χ0v) is 15.7. The number of rotatable bonds is 12. The highest BCUT2D eigenvalue weighted by Gasteiger charge is 2.03. The second-order valence-electron chi connectivity index (χ2n) is 6.09. The molecule has 0 radical (unpaired) electrons. The molecule has 0 spiro atoms. The van der Waals surface area contributed by atoms with Crippen LogP contribution in [0.25, 0.3) is 6.08 Å². The molecule has 0 aliphatic rings. The van der Waals surface area contributed by atoms with Crippen molar-refractivity contribution in [2.75, 3.05) is 26.8 Å². The van der Waals surface area contributed by atoms with Crippen LogP contribution in [0.15, 0.2) is 54.6 Å². The number of carboxylic acids is 1. The molecule has 27 heavy (non-hydrogen) atoms. The molecule has 2 aromatic rings. The highest BCUT2D eigenvalue weighted by atomic mass is 16.5. The molecule has 0 atom stereocenters. The fourth-order valence-corrected chi connectivity index (χ4v) is 2.60. The van der Waals surface area contributed by atoms with Crippen molar-refractivity contribution in [3.05, 3.63) is 65.7 Å². The van der Waals surface area contributed by atoms with Gasteiger partial charge in [-0.15, -0.1) is 0 Å². The Hall–Kier alpha value is -2.79. The summed E-state index contributed by atoms with van der Waals surface area (Å²) >= 11 is 0. The first-order valence-electron chi connectivity index (χ1n) is 9.13. The van der Waals surface area contributed by atoms with Crippen molar-refractivity contribution in [2.45, 2.75) is 19.3 Å². The molecule has 0 amide bonds. The molecule has 5 nitrogen and oxygen atoms in total. The van der Waals surface area contributed by atoms with Crippen LogP contribution in [0.3, 0.4) is 0 Å². The maximum atomic E-state index is 10.4. The Morgan fingerprint density at radius 1 is 1.19 bits per heavy atom. The van der Waals surface area contributed by atoms with Crippen LogP contribution >= 0.6 is 0 Å². The van der Waals surface area contributed by atoms with Crippen LogP contribution in [0.1, 0.15) is 24.0 Å². The predicted octanol–water partition coefficient (Wildman–Crippen LogP) is 3.78. The van der Waals surface area contributed by atoms with Crippen LogP contribution < -0.4 is 14.8 Å². The van der Waals surface area contributed by atoms with E-state index in [1.807, 2.05) is 36.4 Å². The lowest BCUT2D eigenvalue weighted by atomic mass is 10.1. The van der Waals surface area contributed by atoms with Crippen LogP contribution in [-0.4, -0.2) is 37.9 Å². The van der Waals surface area contributed by atoms with Crippen LogP contribution in [0.2, 0.25) is 0 Å². The van der Waals surface area contributed by atoms with Gasteiger partial charge in [0.05, 0.1) is 20.1 Å². The molecule has 0 fully saturated rings. The highest BCUT2D eigenvalue weighted by Crippen LogP contribution is 2.26. The van der Waals surface area contributed by atoms with Gasteiger partial charge in [0.25, 0.3) is 0 Å². The molecule has 0 heterocycles. The number of hydrogen-bond acceptors (Lipinski definition) is 4. The Bertz CT molecular complexity index is 728. The molecule has 2 N–H and O–H groups in total. The van der Waals surface area contributed by atoms with E-state index >= 15 is 0 Å². The van der Waals surface area contributed by atoms with Gasteiger partial charge in [-0.25, -0.2) is 0 Å². The van der Waals surface area contributed by atoms with Crippen LogP contribution in [-0.2, 0) is 11.2 Å². The Balaban J connectivity index is 1.77. The van der Waals surface area contributed by atoms with Gasteiger partial charge in [-0.1, -0.05) is 42.5 Å². The molecule has 0 bridgehead atoms. The Kier molecular flexibility index (Phi) is 8.93. The fourth-order valence-electron chi connectivity index (χ4n) is 2.60. The van der Waals surface area contributed by atoms with Gasteiger partial charge in [0.1, 0.15) is 11.5 Å². The first-order chi connectivity index (χ1) is 13.2. The zero-order valence-electron chi connectivity index (χ0n) is 15.7. The van der Waals surface area contributed by atoms with E-state index in [2.05, 4.69) is 29.6 Å². The number of carbonyl (C=O) groups is 1. The van der Waals surface area contributed by atoms with Crippen molar-refractivity contribution in [2.24, 2.45) is 0 Å². The molecular weight excluding hydrogens is 342 g/mol. The quantitative estimate of drug-likeness (QED) is 0.557. The summed E-state index contributed by atoms with van der Waals surface area (Å²) in [6.07, 6.45) is 5.96. The summed E-state index contributed by atoms with van der Waals surface area (Å²) in [5, 5.41) is 11.6. The normalized spacial score (nSPS) is 10.9. The summed E-state index contributed by atoms with van der Waals surface area (Å²) < 4.78 is 11.3. The van der Waals surface area contributed by atoms with Crippen molar-refractivity contribution in [1.82, 2.24) is 5.32 Å². The summed E-state index contributed by atoms with van der Waals surface area (Å²) in [5.41, 5.74) is 2.27. The molecule has 0 saturated carbocycles. The standard InChI is InChI=1S/C22H27NO4/c1-26-21-17-20(27-16-6-9-18-7-3-2-4-8-18)12-11-19(21)10-5-14-23-15-13-22(24)25/h2-5,7-8,10-12,17,23H,6,9,13-16H2,1H3,(H,24,25). The van der Waals surface area contributed by atoms with Gasteiger partial charge in [0, 0.05) is 24.7 Å². The molecule has 0 aromatic heterocycles. The summed E-state index contributed by atoms with van der Waals surface area (Å²) in [5.74, 6) is 0.737. The number of benzene rings is 2. The van der Waals surface area contributed by atoms with Crippen LogP contribution in [0.5, 0.6) is 11.5 Å². The van der Waals surface area contributed by atoms with Crippen molar-refractivity contribution >= 4 is 12.0 Å². The average molecular weight is 369 g/mol. The summed E-state index contributed by atoms with van der Waals surface area (Å²) in [4.78, 5) is 10.4. The molecule has 5 heteroatoms. The monoisotopic (exact) mass is 369 g/mol. The largest absolute Gasteiger partial charge is 0.496 e. The third-order valence-electron chi connectivity index (χ3n) is 4.00. The van der Waals surface area contributed by atoms with Gasteiger partial charge in [-0.2, -0.15) is 0 Å². The van der Waals surface area contributed by atoms with Gasteiger partial charge in [-0.3, -0.25) is 4.79 Å². The minimum atomic E-state index is -0.799. The van der Waals surface area contributed by atoms with Gasteiger partial charge in [0.15, 0.2) is 0 Å². The number of carboxylic acid groups (broad SMARTS) is 1. The topological polar surface area (TPSA) is 67.8 Å². The smallest absolute Gasteiger partial charge is 0.304 e. The van der Waals surface area contributed by atoms with Crippen molar-refractivity contribution in [3.8, 4) is 11.5 Å². The van der Waals surface area contributed by atoms with E-state index in [1.165, 1.54) is 5.56 Å². The first-order valence-corrected chi connectivity index (χ1v) is 9.13. The zero-order chi connectivity index (χ0) is 19.3. The van der Waals surface area contributed by atoms with E-state index in [0.717, 1.165) is 29.9 Å². The first kappa shape index (κ1) is 20.5. The van der Waals surface area contributed by atoms with Crippen molar-refractivity contribution in [3.63, 3.8) is 0 Å². The molecule has 0 aliphatic heterocycles. The van der Waals surface area contributed by atoms with E-state index in [-0.39, 0.29) is 6.42 Å². The van der Waals surface area contributed by atoms with Gasteiger partial charge in [-0.05, 0) is 30.5 Å². The third kappa shape index (κ3) is 7.96. The van der Waals surface area contributed by atoms with Crippen LogP contribution in [0, 0.1) is 0 Å². The molecule has 0 unspecified atom stereocenters. The Morgan fingerprint density at radius 2 is 2.00 bits per heavy atom. The lowest BCUT2D eigenvalue weighted by Crippen LogP contribution is -2.17. The van der Waals surface area contributed by atoms with Crippen LogP contribution in [0.4, 0.5) is 0 Å². The minimum Gasteiger partial charge on any atom is -0.496 e. The highest BCUT2D eigenvalue weighted by molar-refractivity contribution is 5.66. The predicted molar refractivity (Wildman–Crippen MR) is 107 cm³/mol. The maximum Gasteiger partial charge on any atom is 0.304 e. The lowest BCUT2D eigenvalue weighted by molar-refractivity contribution is -0.136. The third-order valence-corrected chi connectivity index (χ3v) is 4.00. The SMILES string of the molecule is COc1cc(OCCCc2ccccc2)ccc1C=CCNCCC(=O)O. The Morgan fingerprint density at radius 3 is 2.74 bits per heavy atom. The Labute approximate surface area is 160 Å². The number of aliphatic carboxylic acids is 1. The second-order valence-corrected chi connectivity index (χ2v) is 6.09. The number of hydrogen-bond donors (Lipinski definition) is 2. The van der Waals surface area contributed by atoms with E-state index in [1.54, 1.807) is 7.11 Å². The molecule has 144 valence electrons. The second kappa shape index (κ2) is 11.8. The fraction of sp³-hybridized carbons (Fsp3) is 0.318. The number of nitrogens with one attached hydrogen (secondary N) is 1. The van der Waals surface area contributed by atoms with Crippen molar-refractivity contribution in [1.29, 1.82) is 0 Å². The maximum absolute atomic E-state index is 10.4. The lowest BCUT2D eigenvalue weighted by Gasteiger charge is -2.10. The van der Waals surface area contributed by atoms with Gasteiger partial charge in [0.2, 0.25) is 0 Å². The molecule has 0 saturated heterocycles. The molecule has 2 aromatic carbocycles. The summed E-state index contributed by atoms with van der Waals surface area (Å²) in [6.45, 7) is 1.71. The van der Waals surface area contributed by atoms with E-state index in [0.29, 0.717) is 19.7 Å². The van der Waals surface area contributed by atoms with E-state index in [4.69, 9.17) is 14.6 Å². The number of aryl methyl sites for hydroxylation is 1. The summed E-state index contributed by atoms with van der Waals surface area (Å²) in [6, 6.07) is 16.2. The van der Waals surface area contributed by atoms with Crippen molar-refractivity contribution < 1.29 is 19.4 Å². The average Bonchev–Trinajstić information content (AvgIpc) is 2.69. The molecule has 2 rings (SSSR count). The van der Waals surface area contributed by atoms with Gasteiger partial charge < -0.3 is 19.9 Å². The molecular formula is C22H27NO4. The van der Waals surface area contributed by atoms with Gasteiger partial charge >= 0.3 is 5.97 Å². The number of ether oxygens (including phenoxy) is 2. The van der Waals surface area contributed by atoms with E-state index < -0.39 is 5.97 Å². The van der Waals surface area contributed by atoms with E-state index in [9.17, 15) is 4.79 Å². The number of methoxy groups -OCH3 is 1. The summed E-state index contributed by atoms with van der Waals surface area (Å²) in [7, 11) is 1.64. The molecule has 0 aliphatic carbocycles.